The van der Waals surface area contributed by atoms with Gasteiger partial charge in [0.1, 0.15) is 0 Å². The van der Waals surface area contributed by atoms with E-state index in [1.807, 2.05) is 6.07 Å². The molecule has 5 saturated carbocycles. The minimum absolute atomic E-state index is 0.0276. The number of hydrogen-bond donors (Lipinski definition) is 2. The number of rotatable bonds is 5. The Bertz CT molecular complexity index is 732. The Balaban J connectivity index is 1.16. The molecule has 140 valence electrons. The molecule has 0 aliphatic heterocycles. The maximum absolute atomic E-state index is 12.5. The van der Waals surface area contributed by atoms with Gasteiger partial charge in [-0.05, 0) is 75.2 Å². The van der Waals surface area contributed by atoms with Crippen LogP contribution in [0.25, 0.3) is 0 Å². The number of nitrogens with zero attached hydrogens (tertiary/aromatic N) is 2. The highest BCUT2D eigenvalue weighted by Gasteiger charge is 2.51. The molecule has 5 fully saturated rings. The molecule has 6 rings (SSSR count). The molecule has 0 unspecified atom stereocenters. The summed E-state index contributed by atoms with van der Waals surface area (Å²) >= 11 is 0. The van der Waals surface area contributed by atoms with Crippen molar-refractivity contribution in [3.8, 4) is 0 Å². The quantitative estimate of drug-likeness (QED) is 0.850. The highest BCUT2D eigenvalue weighted by atomic mass is 16.2. The monoisotopic (exact) mass is 356 g/mol. The second kappa shape index (κ2) is 6.10. The van der Waals surface area contributed by atoms with Gasteiger partial charge in [0.25, 0.3) is 5.56 Å². The fourth-order valence-electron chi connectivity index (χ4n) is 6.05. The standard InChI is InChI=1S/C20H28N4O2/c25-18-4-3-17(16-1-2-16)23-24(18)6-5-21-19(26)22-20-10-13-7-14(11-20)9-15(8-13)12-20/h3-4,13-16H,1-2,5-12H2,(H2,21,22,26). The number of aromatic nitrogens is 2. The molecule has 4 bridgehead atoms. The van der Waals surface area contributed by atoms with Crippen LogP contribution in [0.1, 0.15) is 63.0 Å². The molecule has 0 radical (unpaired) electrons. The number of nitrogens with one attached hydrogen (secondary N) is 2. The summed E-state index contributed by atoms with van der Waals surface area (Å²) < 4.78 is 1.48. The number of amides is 2. The van der Waals surface area contributed by atoms with Gasteiger partial charge in [0.2, 0.25) is 0 Å². The molecule has 6 heteroatoms. The lowest BCUT2D eigenvalue weighted by atomic mass is 9.53. The summed E-state index contributed by atoms with van der Waals surface area (Å²) in [6, 6.07) is 3.35. The number of carbonyl (C=O) groups is 1. The topological polar surface area (TPSA) is 76.0 Å². The average Bonchev–Trinajstić information content (AvgIpc) is 3.39. The summed E-state index contributed by atoms with van der Waals surface area (Å²) in [6.07, 6.45) is 9.88. The van der Waals surface area contributed by atoms with Crippen LogP contribution in [0.4, 0.5) is 4.79 Å². The average molecular weight is 356 g/mol. The van der Waals surface area contributed by atoms with E-state index >= 15 is 0 Å². The first-order valence-corrected chi connectivity index (χ1v) is 10.2. The lowest BCUT2D eigenvalue weighted by molar-refractivity contribution is -0.0135. The molecule has 0 spiro atoms. The van der Waals surface area contributed by atoms with Gasteiger partial charge in [-0.25, -0.2) is 9.48 Å². The van der Waals surface area contributed by atoms with Crippen LogP contribution in [0.15, 0.2) is 16.9 Å². The Kier molecular flexibility index (Phi) is 3.83. The van der Waals surface area contributed by atoms with Crippen LogP contribution in [0.2, 0.25) is 0 Å². The van der Waals surface area contributed by atoms with E-state index in [2.05, 4.69) is 15.7 Å². The third kappa shape index (κ3) is 3.14. The smallest absolute Gasteiger partial charge is 0.315 e. The van der Waals surface area contributed by atoms with E-state index in [1.54, 1.807) is 6.07 Å². The normalized spacial score (nSPS) is 34.7. The van der Waals surface area contributed by atoms with Gasteiger partial charge in [-0.15, -0.1) is 0 Å². The zero-order chi connectivity index (χ0) is 17.7. The van der Waals surface area contributed by atoms with Gasteiger partial charge < -0.3 is 10.6 Å². The summed E-state index contributed by atoms with van der Waals surface area (Å²) in [5.41, 5.74) is 0.931. The highest BCUT2D eigenvalue weighted by Crippen LogP contribution is 2.55. The van der Waals surface area contributed by atoms with E-state index in [9.17, 15) is 9.59 Å². The largest absolute Gasteiger partial charge is 0.336 e. The molecule has 5 aliphatic rings. The molecule has 0 atom stereocenters. The molecule has 1 aromatic heterocycles. The maximum atomic E-state index is 12.5. The fraction of sp³-hybridized carbons (Fsp3) is 0.750. The van der Waals surface area contributed by atoms with E-state index in [0.717, 1.165) is 55.6 Å². The fourth-order valence-corrected chi connectivity index (χ4v) is 6.05. The maximum Gasteiger partial charge on any atom is 0.315 e. The Labute approximate surface area is 153 Å². The van der Waals surface area contributed by atoms with Crippen molar-refractivity contribution < 1.29 is 4.79 Å². The lowest BCUT2D eigenvalue weighted by Gasteiger charge is -2.56. The molecular formula is C20H28N4O2. The van der Waals surface area contributed by atoms with Gasteiger partial charge in [0.05, 0.1) is 12.2 Å². The Morgan fingerprint density at radius 3 is 2.38 bits per heavy atom. The number of urea groups is 1. The highest BCUT2D eigenvalue weighted by molar-refractivity contribution is 5.74. The third-order valence-electron chi connectivity index (χ3n) is 6.91. The van der Waals surface area contributed by atoms with Gasteiger partial charge in [0.15, 0.2) is 0 Å². The first-order valence-electron chi connectivity index (χ1n) is 10.2. The SMILES string of the molecule is O=C(NCCn1nc(C2CC2)ccc1=O)NC12CC3CC(CC(C3)C1)C2. The Hall–Kier alpha value is -1.85. The summed E-state index contributed by atoms with van der Waals surface area (Å²) in [7, 11) is 0. The van der Waals surface area contributed by atoms with Gasteiger partial charge in [0, 0.05) is 24.1 Å². The van der Waals surface area contributed by atoms with Crippen LogP contribution in [0, 0.1) is 17.8 Å². The lowest BCUT2D eigenvalue weighted by Crippen LogP contribution is -2.61. The van der Waals surface area contributed by atoms with Crippen molar-refractivity contribution in [2.24, 2.45) is 17.8 Å². The molecule has 5 aliphatic carbocycles. The summed E-state index contributed by atoms with van der Waals surface area (Å²) in [6.45, 7) is 0.854. The van der Waals surface area contributed by atoms with Crippen LogP contribution in [0.3, 0.4) is 0 Å². The van der Waals surface area contributed by atoms with Crippen molar-refractivity contribution in [3.05, 3.63) is 28.2 Å². The first kappa shape index (κ1) is 16.3. The molecular weight excluding hydrogens is 328 g/mol. The summed E-state index contributed by atoms with van der Waals surface area (Å²) in [4.78, 5) is 24.4. The van der Waals surface area contributed by atoms with E-state index in [1.165, 1.54) is 23.9 Å². The molecule has 1 aromatic rings. The van der Waals surface area contributed by atoms with Crippen LogP contribution < -0.4 is 16.2 Å². The molecule has 2 amide bonds. The number of hydrogen-bond acceptors (Lipinski definition) is 3. The Morgan fingerprint density at radius 2 is 1.77 bits per heavy atom. The molecule has 2 N–H and O–H groups in total. The molecule has 0 aromatic carbocycles. The summed E-state index contributed by atoms with van der Waals surface area (Å²) in [5.74, 6) is 2.97. The van der Waals surface area contributed by atoms with Gasteiger partial charge >= 0.3 is 6.03 Å². The van der Waals surface area contributed by atoms with Crippen LogP contribution >= 0.6 is 0 Å². The predicted octanol–water partition coefficient (Wildman–Crippen LogP) is 2.39. The predicted molar refractivity (Wildman–Crippen MR) is 97.9 cm³/mol. The minimum Gasteiger partial charge on any atom is -0.336 e. The van der Waals surface area contributed by atoms with E-state index < -0.39 is 0 Å². The second-order valence-electron chi connectivity index (χ2n) is 9.17. The molecule has 26 heavy (non-hydrogen) atoms. The zero-order valence-corrected chi connectivity index (χ0v) is 15.2. The van der Waals surface area contributed by atoms with Gasteiger partial charge in [-0.1, -0.05) is 0 Å². The van der Waals surface area contributed by atoms with E-state index in [-0.39, 0.29) is 17.1 Å². The third-order valence-corrected chi connectivity index (χ3v) is 6.91. The van der Waals surface area contributed by atoms with Crippen molar-refractivity contribution in [2.45, 2.75) is 69.4 Å². The summed E-state index contributed by atoms with van der Waals surface area (Å²) in [5, 5.41) is 10.7. The molecule has 6 nitrogen and oxygen atoms in total. The number of carbonyl (C=O) groups excluding carboxylic acids is 1. The van der Waals surface area contributed by atoms with Crippen LogP contribution in [0.5, 0.6) is 0 Å². The van der Waals surface area contributed by atoms with Crippen LogP contribution in [-0.4, -0.2) is 27.9 Å². The van der Waals surface area contributed by atoms with E-state index in [4.69, 9.17) is 0 Å². The first-order chi connectivity index (χ1) is 12.6. The van der Waals surface area contributed by atoms with Crippen molar-refractivity contribution in [3.63, 3.8) is 0 Å². The van der Waals surface area contributed by atoms with E-state index in [0.29, 0.717) is 19.0 Å². The van der Waals surface area contributed by atoms with Crippen molar-refractivity contribution in [1.29, 1.82) is 0 Å². The molecule has 1 heterocycles. The Morgan fingerprint density at radius 1 is 1.12 bits per heavy atom. The van der Waals surface area contributed by atoms with Gasteiger partial charge in [-0.2, -0.15) is 5.10 Å². The second-order valence-corrected chi connectivity index (χ2v) is 9.17. The van der Waals surface area contributed by atoms with Crippen molar-refractivity contribution in [1.82, 2.24) is 20.4 Å². The minimum atomic E-state index is -0.0994. The van der Waals surface area contributed by atoms with Crippen molar-refractivity contribution >= 4 is 6.03 Å². The van der Waals surface area contributed by atoms with Crippen LogP contribution in [-0.2, 0) is 6.54 Å². The molecule has 0 saturated heterocycles. The van der Waals surface area contributed by atoms with Gasteiger partial charge in [-0.3, -0.25) is 4.79 Å². The zero-order valence-electron chi connectivity index (χ0n) is 15.2. The van der Waals surface area contributed by atoms with Crippen molar-refractivity contribution in [2.75, 3.05) is 6.54 Å².